The zero-order chi connectivity index (χ0) is 23.4. The standard InChI is InChI=1S/4C3H6O4.W/c4*4-1-2(5)3(6)7;/h4*2,4-5H,1H2,(H,6,7);/q;;;;+4/p-4. The summed E-state index contributed by atoms with van der Waals surface area (Å²) < 4.78 is 0. The molecule has 0 aliphatic rings. The van der Waals surface area contributed by atoms with E-state index in [9.17, 15) is 39.6 Å². The molecule has 4 unspecified atom stereocenters. The van der Waals surface area contributed by atoms with Crippen molar-refractivity contribution in [3.05, 3.63) is 0 Å². The van der Waals surface area contributed by atoms with E-state index < -0.39 is 74.7 Å². The Morgan fingerprint density at radius 2 is 0.586 bits per heavy atom. The first-order valence-electron chi connectivity index (χ1n) is 6.72. The summed E-state index contributed by atoms with van der Waals surface area (Å²) in [6, 6.07) is 0. The largest absolute Gasteiger partial charge is 4.00 e. The van der Waals surface area contributed by atoms with E-state index in [1.807, 2.05) is 0 Å². The molecule has 0 aromatic rings. The molecule has 0 saturated carbocycles. The summed E-state index contributed by atoms with van der Waals surface area (Å²) in [4.78, 5) is 37.6. The maximum absolute atomic E-state index is 9.41. The number of carbonyl (C=O) groups excluding carboxylic acids is 4. The van der Waals surface area contributed by atoms with E-state index in [-0.39, 0.29) is 21.1 Å². The van der Waals surface area contributed by atoms with E-state index in [2.05, 4.69) is 0 Å². The van der Waals surface area contributed by atoms with E-state index in [4.69, 9.17) is 40.9 Å². The molecule has 0 saturated heterocycles. The number of aliphatic hydroxyl groups is 8. The van der Waals surface area contributed by atoms with E-state index in [1.54, 1.807) is 0 Å². The van der Waals surface area contributed by atoms with E-state index in [0.717, 1.165) is 0 Å². The number of carboxylic acid groups (broad SMARTS) is 4. The van der Waals surface area contributed by atoms with Gasteiger partial charge in [0.25, 0.3) is 0 Å². The summed E-state index contributed by atoms with van der Waals surface area (Å²) in [5.41, 5.74) is 0. The number of rotatable bonds is 8. The second-order valence-corrected chi connectivity index (χ2v) is 4.07. The van der Waals surface area contributed by atoms with Gasteiger partial charge in [0.15, 0.2) is 0 Å². The first kappa shape index (κ1) is 37.9. The van der Waals surface area contributed by atoms with Crippen molar-refractivity contribution >= 4 is 23.9 Å². The molecule has 0 amide bonds. The van der Waals surface area contributed by atoms with Gasteiger partial charge in [-0.3, -0.25) is 0 Å². The van der Waals surface area contributed by atoms with E-state index in [1.165, 1.54) is 0 Å². The topological polar surface area (TPSA) is 322 Å². The summed E-state index contributed by atoms with van der Waals surface area (Å²) in [6.07, 6.45) is -6.94. The normalized spacial score (nSPS) is 13.0. The van der Waals surface area contributed by atoms with Crippen LogP contribution in [0.2, 0.25) is 0 Å². The van der Waals surface area contributed by atoms with Crippen LogP contribution in [-0.4, -0.2) is 116 Å². The minimum Gasteiger partial charge on any atom is -0.547 e. The molecule has 0 heterocycles. The van der Waals surface area contributed by atoms with Crippen molar-refractivity contribution in [2.45, 2.75) is 24.4 Å². The Labute approximate surface area is 176 Å². The van der Waals surface area contributed by atoms with E-state index in [0.29, 0.717) is 0 Å². The number of aliphatic hydroxyl groups excluding tert-OH is 8. The van der Waals surface area contributed by atoms with Crippen LogP contribution in [0, 0.1) is 0 Å². The van der Waals surface area contributed by atoms with Gasteiger partial charge in [-0.05, 0) is 0 Å². The van der Waals surface area contributed by atoms with Crippen molar-refractivity contribution in [3.8, 4) is 0 Å². The number of hydrogen-bond donors (Lipinski definition) is 8. The van der Waals surface area contributed by atoms with Crippen LogP contribution in [0.4, 0.5) is 0 Å². The zero-order valence-electron chi connectivity index (χ0n) is 14.4. The van der Waals surface area contributed by atoms with E-state index >= 15 is 0 Å². The molecule has 4 atom stereocenters. The molecule has 0 rings (SSSR count). The zero-order valence-corrected chi connectivity index (χ0v) is 17.3. The van der Waals surface area contributed by atoms with Gasteiger partial charge in [0, 0.05) is 0 Å². The van der Waals surface area contributed by atoms with Crippen LogP contribution in [0.5, 0.6) is 0 Å². The minimum absolute atomic E-state index is 0. The molecule has 0 radical (unpaired) electrons. The third kappa shape index (κ3) is 31.2. The van der Waals surface area contributed by atoms with Crippen LogP contribution in [0.1, 0.15) is 0 Å². The van der Waals surface area contributed by atoms with Crippen molar-refractivity contribution in [3.63, 3.8) is 0 Å². The van der Waals surface area contributed by atoms with Crippen LogP contribution in [0.25, 0.3) is 0 Å². The number of aliphatic carboxylic acids is 4. The number of carboxylic acids is 4. The maximum Gasteiger partial charge on any atom is 4.00 e. The maximum atomic E-state index is 9.41. The molecule has 0 aromatic carbocycles. The molecule has 0 aliphatic heterocycles. The van der Waals surface area contributed by atoms with Crippen molar-refractivity contribution in [1.82, 2.24) is 0 Å². The molecule has 170 valence electrons. The second-order valence-electron chi connectivity index (χ2n) is 4.07. The average Bonchev–Trinajstić information content (AvgIpc) is 2.66. The number of hydrogen-bond acceptors (Lipinski definition) is 16. The Morgan fingerprint density at radius 3 is 0.586 bits per heavy atom. The summed E-state index contributed by atoms with van der Waals surface area (Å²) in [7, 11) is 0. The van der Waals surface area contributed by atoms with Crippen LogP contribution < -0.4 is 20.4 Å². The predicted molar refractivity (Wildman–Crippen MR) is 72.4 cm³/mol. The molecule has 0 aromatic heterocycles. The Morgan fingerprint density at radius 1 is 0.483 bits per heavy atom. The van der Waals surface area contributed by atoms with Crippen LogP contribution >= 0.6 is 0 Å². The van der Waals surface area contributed by atoms with Gasteiger partial charge >= 0.3 is 21.1 Å². The summed E-state index contributed by atoms with van der Waals surface area (Å²) in [6.45, 7) is -3.16. The SMILES string of the molecule is O=C([O-])C(O)CO.O=C([O-])C(O)CO.O=C([O-])C(O)CO.O=C([O-])C(O)CO.[W+4]. The van der Waals surface area contributed by atoms with Crippen molar-refractivity contribution in [1.29, 1.82) is 0 Å². The fraction of sp³-hybridized carbons (Fsp3) is 0.667. The van der Waals surface area contributed by atoms with Crippen molar-refractivity contribution < 1.29 is 102 Å². The predicted octanol–water partition coefficient (Wildman–Crippen LogP) is -11.6. The van der Waals surface area contributed by atoms with Gasteiger partial charge < -0.3 is 80.5 Å². The number of carbonyl (C=O) groups is 4. The summed E-state index contributed by atoms with van der Waals surface area (Å²) in [5.74, 6) is -6.60. The first-order chi connectivity index (χ1) is 12.7. The summed E-state index contributed by atoms with van der Waals surface area (Å²) >= 11 is 0. The van der Waals surface area contributed by atoms with Gasteiger partial charge in [-0.15, -0.1) is 0 Å². The molecular formula is C12H20O16W. The molecule has 0 bridgehead atoms. The molecule has 16 nitrogen and oxygen atoms in total. The minimum atomic E-state index is -1.74. The smallest absolute Gasteiger partial charge is 0.547 e. The summed E-state index contributed by atoms with van der Waals surface area (Å²) in [5, 5.41) is 101. The quantitative estimate of drug-likeness (QED) is 0.127. The second kappa shape index (κ2) is 24.3. The molecular weight excluding hydrogens is 584 g/mol. The van der Waals surface area contributed by atoms with Gasteiger partial charge in [0.05, 0.1) is 50.3 Å². The van der Waals surface area contributed by atoms with Crippen molar-refractivity contribution in [2.75, 3.05) is 26.4 Å². The Bertz CT molecular complexity index is 364. The fourth-order valence-corrected chi connectivity index (χ4v) is 0.298. The van der Waals surface area contributed by atoms with Crippen LogP contribution in [0.3, 0.4) is 0 Å². The molecule has 0 fully saturated rings. The van der Waals surface area contributed by atoms with Crippen molar-refractivity contribution in [2.24, 2.45) is 0 Å². The third-order valence-electron chi connectivity index (χ3n) is 1.78. The molecule has 0 spiro atoms. The molecule has 0 aliphatic carbocycles. The first-order valence-corrected chi connectivity index (χ1v) is 6.72. The average molecular weight is 604 g/mol. The van der Waals surface area contributed by atoms with Gasteiger partial charge in [-0.25, -0.2) is 0 Å². The Balaban J connectivity index is -0.0000000873. The van der Waals surface area contributed by atoms with Crippen LogP contribution in [-0.2, 0) is 40.2 Å². The monoisotopic (exact) mass is 604 g/mol. The van der Waals surface area contributed by atoms with Gasteiger partial charge in [-0.1, -0.05) is 0 Å². The molecule has 8 N–H and O–H groups in total. The van der Waals surface area contributed by atoms with Gasteiger partial charge in [0.1, 0.15) is 24.4 Å². The Kier molecular flexibility index (Phi) is 31.8. The fourth-order valence-electron chi connectivity index (χ4n) is 0.298. The molecule has 17 heteroatoms. The Hall–Kier alpha value is -1.75. The molecule has 29 heavy (non-hydrogen) atoms. The van der Waals surface area contributed by atoms with Gasteiger partial charge in [0.2, 0.25) is 0 Å². The van der Waals surface area contributed by atoms with Gasteiger partial charge in [-0.2, -0.15) is 0 Å². The third-order valence-corrected chi connectivity index (χ3v) is 1.78. The van der Waals surface area contributed by atoms with Crippen LogP contribution in [0.15, 0.2) is 0 Å².